The van der Waals surface area contributed by atoms with Gasteiger partial charge in [-0.25, -0.2) is 4.68 Å². The van der Waals surface area contributed by atoms with Gasteiger partial charge in [0.1, 0.15) is 24.0 Å². The monoisotopic (exact) mass is 622 g/mol. The number of ether oxygens (including phenoxy) is 2. The van der Waals surface area contributed by atoms with E-state index < -0.39 is 0 Å². The zero-order valence-corrected chi connectivity index (χ0v) is 26.8. The van der Waals surface area contributed by atoms with Crippen molar-refractivity contribution >= 4 is 28.6 Å². The highest BCUT2D eigenvalue weighted by Gasteiger charge is 2.26. The van der Waals surface area contributed by atoms with Crippen LogP contribution in [0.15, 0.2) is 84.9 Å². The quantitative estimate of drug-likeness (QED) is 0.148. The number of aryl methyl sites for hydroxylation is 2. The Morgan fingerprint density at radius 2 is 1.84 bits per heavy atom. The van der Waals surface area contributed by atoms with Gasteiger partial charge in [0, 0.05) is 37.7 Å². The molecule has 0 saturated carbocycles. The molecule has 8 heteroatoms. The molecule has 0 radical (unpaired) electrons. The van der Waals surface area contributed by atoms with Gasteiger partial charge in [0.25, 0.3) is 0 Å². The average molecular weight is 623 g/mol. The summed E-state index contributed by atoms with van der Waals surface area (Å²) >= 11 is 7.05. The summed E-state index contributed by atoms with van der Waals surface area (Å²) in [7, 11) is 0. The third-order valence-corrected chi connectivity index (χ3v) is 9.09. The Morgan fingerprint density at radius 3 is 2.64 bits per heavy atom. The van der Waals surface area contributed by atoms with Gasteiger partial charge in [-0.2, -0.15) is 0 Å². The second kappa shape index (κ2) is 13.8. The molecule has 1 aromatic heterocycles. The van der Waals surface area contributed by atoms with Crippen molar-refractivity contribution in [2.24, 2.45) is 0 Å². The molecule has 7 nitrogen and oxygen atoms in total. The van der Waals surface area contributed by atoms with Gasteiger partial charge in [-0.15, -0.1) is 5.10 Å². The molecule has 4 aromatic carbocycles. The van der Waals surface area contributed by atoms with E-state index in [2.05, 4.69) is 65.5 Å². The second-order valence-electron chi connectivity index (χ2n) is 11.8. The first-order valence-corrected chi connectivity index (χ1v) is 16.1. The number of esters is 1. The van der Waals surface area contributed by atoms with E-state index >= 15 is 0 Å². The van der Waals surface area contributed by atoms with Crippen molar-refractivity contribution in [3.05, 3.63) is 123 Å². The van der Waals surface area contributed by atoms with Crippen molar-refractivity contribution in [1.29, 1.82) is 0 Å². The van der Waals surface area contributed by atoms with Gasteiger partial charge >= 0.3 is 5.97 Å². The van der Waals surface area contributed by atoms with E-state index in [1.54, 1.807) is 0 Å². The topological polar surface area (TPSA) is 69.5 Å². The van der Waals surface area contributed by atoms with Crippen LogP contribution in [0.4, 0.5) is 0 Å². The molecule has 0 fully saturated rings. The number of aromatic nitrogens is 3. The van der Waals surface area contributed by atoms with Crippen molar-refractivity contribution in [3.8, 4) is 5.75 Å². The molecule has 1 aliphatic rings. The summed E-state index contributed by atoms with van der Waals surface area (Å²) in [6, 6.07) is 28.5. The summed E-state index contributed by atoms with van der Waals surface area (Å²) in [5.41, 5.74) is 7.90. The summed E-state index contributed by atoms with van der Waals surface area (Å²) in [5, 5.41) is 9.17. The lowest BCUT2D eigenvalue weighted by molar-refractivity contribution is -0.145. The zero-order chi connectivity index (χ0) is 31.3. The van der Waals surface area contributed by atoms with E-state index in [1.165, 1.54) is 16.7 Å². The van der Waals surface area contributed by atoms with Crippen molar-refractivity contribution in [2.75, 3.05) is 6.54 Å². The molecule has 1 aliphatic heterocycles. The van der Waals surface area contributed by atoms with Gasteiger partial charge in [0.05, 0.1) is 17.0 Å². The van der Waals surface area contributed by atoms with Crippen LogP contribution in [0.2, 0.25) is 5.02 Å². The fraction of sp³-hybridized carbons (Fsp3) is 0.324. The number of hydrogen-bond acceptors (Lipinski definition) is 6. The van der Waals surface area contributed by atoms with Crippen molar-refractivity contribution in [3.63, 3.8) is 0 Å². The smallest absolute Gasteiger partial charge is 0.307 e. The minimum Gasteiger partial charge on any atom is -0.489 e. The third kappa shape index (κ3) is 6.90. The lowest BCUT2D eigenvalue weighted by Crippen LogP contribution is -2.32. The standard InChI is InChI=1S/C37H39ClN4O3/c1-4-30-23-41(21-28-13-9-10-14-34(28)45-30)22-29-19-27(16-15-25(29)3)32(20-35(43)44-24-26-11-7-6-8-12-26)31-17-18-33-37(36(31)38)39-40-42(33)5-2/h6-19,30,32H,4-5,20-24H2,1-3H3/t30-,32+/m1/s1. The number of rotatable bonds is 10. The first-order valence-electron chi connectivity index (χ1n) is 15.7. The van der Waals surface area contributed by atoms with Crippen LogP contribution < -0.4 is 4.74 Å². The van der Waals surface area contributed by atoms with E-state index in [9.17, 15) is 4.79 Å². The Bertz CT molecular complexity index is 1790. The molecule has 0 bridgehead atoms. The molecular weight excluding hydrogens is 584 g/mol. The number of halogens is 1. The van der Waals surface area contributed by atoms with Crippen LogP contribution in [0.3, 0.4) is 0 Å². The van der Waals surface area contributed by atoms with Gasteiger partial charge in [0.2, 0.25) is 0 Å². The number of para-hydroxylation sites is 1. The number of carbonyl (C=O) groups excluding carboxylic acids is 1. The maximum Gasteiger partial charge on any atom is 0.307 e. The molecule has 0 spiro atoms. The maximum absolute atomic E-state index is 13.4. The zero-order valence-electron chi connectivity index (χ0n) is 26.1. The lowest BCUT2D eigenvalue weighted by atomic mass is 9.86. The number of benzene rings is 4. The van der Waals surface area contributed by atoms with Crippen LogP contribution in [0.5, 0.6) is 5.75 Å². The SMILES string of the molecule is CC[C@@H]1CN(Cc2cc([C@H](CC(=O)OCc3ccccc3)c3ccc4c(nnn4CC)c3Cl)ccc2C)Cc2ccccc2O1. The molecule has 2 atom stereocenters. The van der Waals surface area contributed by atoms with E-state index in [1.807, 2.05) is 60.1 Å². The Kier molecular flexibility index (Phi) is 9.47. The van der Waals surface area contributed by atoms with E-state index in [0.717, 1.165) is 54.0 Å². The predicted octanol–water partition coefficient (Wildman–Crippen LogP) is 7.85. The molecule has 232 valence electrons. The fourth-order valence-corrected chi connectivity index (χ4v) is 6.44. The van der Waals surface area contributed by atoms with Gasteiger partial charge < -0.3 is 9.47 Å². The van der Waals surface area contributed by atoms with Crippen LogP contribution in [-0.4, -0.2) is 38.5 Å². The van der Waals surface area contributed by atoms with E-state index in [0.29, 0.717) is 17.1 Å². The fourth-order valence-electron chi connectivity index (χ4n) is 6.11. The van der Waals surface area contributed by atoms with Gasteiger partial charge in [-0.3, -0.25) is 9.69 Å². The molecule has 0 saturated heterocycles. The number of fused-ring (bicyclic) bond motifs is 2. The summed E-state index contributed by atoms with van der Waals surface area (Å²) in [6.07, 6.45) is 1.19. The summed E-state index contributed by atoms with van der Waals surface area (Å²) in [5.74, 6) is 0.357. The molecule has 2 heterocycles. The van der Waals surface area contributed by atoms with Crippen molar-refractivity contribution < 1.29 is 14.3 Å². The number of carbonyl (C=O) groups is 1. The normalized spacial score (nSPS) is 15.7. The maximum atomic E-state index is 13.4. The highest BCUT2D eigenvalue weighted by molar-refractivity contribution is 6.35. The molecule has 6 rings (SSSR count). The van der Waals surface area contributed by atoms with Crippen molar-refractivity contribution in [2.45, 2.75) is 71.9 Å². The molecule has 45 heavy (non-hydrogen) atoms. The minimum absolute atomic E-state index is 0.117. The Labute approximate surface area is 269 Å². The van der Waals surface area contributed by atoms with E-state index in [4.69, 9.17) is 21.1 Å². The predicted molar refractivity (Wildman–Crippen MR) is 177 cm³/mol. The highest BCUT2D eigenvalue weighted by atomic mass is 35.5. The van der Waals surface area contributed by atoms with Crippen molar-refractivity contribution in [1.82, 2.24) is 19.9 Å². The lowest BCUT2D eigenvalue weighted by Gasteiger charge is -2.25. The van der Waals surface area contributed by atoms with Crippen LogP contribution in [0.25, 0.3) is 11.0 Å². The Hall–Kier alpha value is -4.20. The summed E-state index contributed by atoms with van der Waals surface area (Å²) in [6.45, 7) is 9.64. The second-order valence-corrected chi connectivity index (χ2v) is 12.1. The Balaban J connectivity index is 1.32. The molecule has 5 aromatic rings. The van der Waals surface area contributed by atoms with Crippen LogP contribution >= 0.6 is 11.6 Å². The van der Waals surface area contributed by atoms with Gasteiger partial charge in [0.15, 0.2) is 0 Å². The first kappa shape index (κ1) is 30.8. The molecule has 0 unspecified atom stereocenters. The molecular formula is C37H39ClN4O3. The van der Waals surface area contributed by atoms with Crippen LogP contribution in [0.1, 0.15) is 66.0 Å². The van der Waals surface area contributed by atoms with Gasteiger partial charge in [-0.1, -0.05) is 96.5 Å². The Morgan fingerprint density at radius 1 is 1.04 bits per heavy atom. The molecule has 0 amide bonds. The number of nitrogens with zero attached hydrogens (tertiary/aromatic N) is 4. The van der Waals surface area contributed by atoms with Crippen LogP contribution in [0, 0.1) is 6.92 Å². The summed E-state index contributed by atoms with van der Waals surface area (Å²) < 4.78 is 13.9. The molecule has 0 N–H and O–H groups in total. The van der Waals surface area contributed by atoms with Gasteiger partial charge in [-0.05, 0) is 60.2 Å². The minimum atomic E-state index is -0.326. The largest absolute Gasteiger partial charge is 0.489 e. The van der Waals surface area contributed by atoms with Crippen LogP contribution in [-0.2, 0) is 35.8 Å². The molecule has 0 aliphatic carbocycles. The highest BCUT2D eigenvalue weighted by Crippen LogP contribution is 2.38. The third-order valence-electron chi connectivity index (χ3n) is 8.69. The number of hydrogen-bond donors (Lipinski definition) is 0. The summed E-state index contributed by atoms with van der Waals surface area (Å²) in [4.78, 5) is 15.8. The average Bonchev–Trinajstić information content (AvgIpc) is 3.40. The van der Waals surface area contributed by atoms with E-state index in [-0.39, 0.29) is 31.0 Å². The first-order chi connectivity index (χ1) is 21.9.